The molecule has 1 fully saturated rings. The molecule has 1 aliphatic carbocycles. The zero-order valence-electron chi connectivity index (χ0n) is 11.7. The Kier molecular flexibility index (Phi) is 5.17. The lowest BCUT2D eigenvalue weighted by molar-refractivity contribution is -0.145. The number of carbonyl (C=O) groups excluding carboxylic acids is 1. The number of carbonyl (C=O) groups is 2. The molecule has 0 heterocycles. The van der Waals surface area contributed by atoms with Crippen LogP contribution < -0.4 is 5.32 Å². The molecule has 1 rings (SSSR count). The molecule has 2 N–H and O–H groups in total. The summed E-state index contributed by atoms with van der Waals surface area (Å²) in [4.78, 5) is 22.9. The van der Waals surface area contributed by atoms with Crippen LogP contribution in [0.3, 0.4) is 0 Å². The lowest BCUT2D eigenvalue weighted by Crippen LogP contribution is -2.49. The second-order valence-corrected chi connectivity index (χ2v) is 6.39. The zero-order valence-corrected chi connectivity index (χ0v) is 11.7. The molecular formula is C14H25NO3. The Balaban J connectivity index is 2.39. The van der Waals surface area contributed by atoms with E-state index in [0.717, 1.165) is 6.42 Å². The first-order valence-corrected chi connectivity index (χ1v) is 6.83. The van der Waals surface area contributed by atoms with Crippen molar-refractivity contribution in [1.82, 2.24) is 5.32 Å². The summed E-state index contributed by atoms with van der Waals surface area (Å²) < 4.78 is 0. The Morgan fingerprint density at radius 3 is 2.28 bits per heavy atom. The van der Waals surface area contributed by atoms with Crippen molar-refractivity contribution in [2.24, 2.45) is 11.3 Å². The fourth-order valence-electron chi connectivity index (χ4n) is 2.52. The van der Waals surface area contributed by atoms with Crippen molar-refractivity contribution < 1.29 is 14.7 Å². The van der Waals surface area contributed by atoms with Gasteiger partial charge in [-0.2, -0.15) is 0 Å². The summed E-state index contributed by atoms with van der Waals surface area (Å²) in [7, 11) is 0. The molecule has 0 aromatic heterocycles. The van der Waals surface area contributed by atoms with Crippen molar-refractivity contribution in [3.63, 3.8) is 0 Å². The highest BCUT2D eigenvalue weighted by atomic mass is 16.4. The highest BCUT2D eigenvalue weighted by Gasteiger charge is 2.32. The third-order valence-corrected chi connectivity index (χ3v) is 3.67. The number of hydrogen-bond donors (Lipinski definition) is 2. The summed E-state index contributed by atoms with van der Waals surface area (Å²) in [5, 5.41) is 11.8. The van der Waals surface area contributed by atoms with E-state index in [-0.39, 0.29) is 5.91 Å². The molecule has 0 aromatic rings. The lowest BCUT2D eigenvalue weighted by atomic mass is 9.86. The molecule has 104 valence electrons. The van der Waals surface area contributed by atoms with Crippen LogP contribution in [0.15, 0.2) is 0 Å². The molecule has 0 bridgehead atoms. The minimum absolute atomic E-state index is 0.135. The standard InChI is InChI=1S/C14H25NO3/c1-14(2,3)12(13(17)18)15-11(16)9-8-10-6-4-5-7-10/h10,12H,4-9H2,1-3H3,(H,15,16)(H,17,18)/t12-/m1/s1. The molecule has 18 heavy (non-hydrogen) atoms. The number of hydrogen-bond acceptors (Lipinski definition) is 2. The number of amides is 1. The van der Waals surface area contributed by atoms with Gasteiger partial charge in [-0.3, -0.25) is 4.79 Å². The molecular weight excluding hydrogens is 230 g/mol. The first-order valence-electron chi connectivity index (χ1n) is 6.83. The molecule has 1 saturated carbocycles. The van der Waals surface area contributed by atoms with E-state index >= 15 is 0 Å². The Morgan fingerprint density at radius 2 is 1.83 bits per heavy atom. The van der Waals surface area contributed by atoms with Crippen LogP contribution in [-0.4, -0.2) is 23.0 Å². The Hall–Kier alpha value is -1.06. The smallest absolute Gasteiger partial charge is 0.326 e. The average molecular weight is 255 g/mol. The Morgan fingerprint density at radius 1 is 1.28 bits per heavy atom. The van der Waals surface area contributed by atoms with Crippen LogP contribution in [0.5, 0.6) is 0 Å². The van der Waals surface area contributed by atoms with Crippen molar-refractivity contribution in [2.45, 2.75) is 65.3 Å². The topological polar surface area (TPSA) is 66.4 Å². The molecule has 1 amide bonds. The van der Waals surface area contributed by atoms with Crippen LogP contribution in [0, 0.1) is 11.3 Å². The van der Waals surface area contributed by atoms with E-state index in [9.17, 15) is 9.59 Å². The maximum absolute atomic E-state index is 11.8. The molecule has 0 spiro atoms. The second kappa shape index (κ2) is 6.21. The minimum atomic E-state index is -0.961. The summed E-state index contributed by atoms with van der Waals surface area (Å²) in [5.74, 6) is -0.436. The predicted molar refractivity (Wildman–Crippen MR) is 70.2 cm³/mol. The van der Waals surface area contributed by atoms with Gasteiger partial charge in [-0.05, 0) is 17.8 Å². The number of carboxylic acids is 1. The largest absolute Gasteiger partial charge is 0.480 e. The van der Waals surface area contributed by atoms with Crippen LogP contribution in [0.1, 0.15) is 59.3 Å². The summed E-state index contributed by atoms with van der Waals surface area (Å²) in [6.45, 7) is 5.47. The quantitative estimate of drug-likeness (QED) is 0.793. The molecule has 4 nitrogen and oxygen atoms in total. The molecule has 0 unspecified atom stereocenters. The van der Waals surface area contributed by atoms with E-state index in [2.05, 4.69) is 5.32 Å². The molecule has 4 heteroatoms. The third-order valence-electron chi connectivity index (χ3n) is 3.67. The van der Waals surface area contributed by atoms with E-state index in [1.165, 1.54) is 25.7 Å². The van der Waals surface area contributed by atoms with Crippen molar-refractivity contribution in [2.75, 3.05) is 0 Å². The van der Waals surface area contributed by atoms with Gasteiger partial charge < -0.3 is 10.4 Å². The summed E-state index contributed by atoms with van der Waals surface area (Å²) >= 11 is 0. The first kappa shape index (κ1) is 15.0. The minimum Gasteiger partial charge on any atom is -0.480 e. The summed E-state index contributed by atoms with van der Waals surface area (Å²) in [6, 6.07) is -0.812. The molecule has 1 atom stereocenters. The predicted octanol–water partition coefficient (Wildman–Crippen LogP) is 2.57. The molecule has 0 saturated heterocycles. The average Bonchev–Trinajstić information content (AvgIpc) is 2.73. The van der Waals surface area contributed by atoms with Gasteiger partial charge in [0.05, 0.1) is 0 Å². The fourth-order valence-corrected chi connectivity index (χ4v) is 2.52. The Labute approximate surface area is 109 Å². The monoisotopic (exact) mass is 255 g/mol. The fraction of sp³-hybridized carbons (Fsp3) is 0.857. The molecule has 0 aromatic carbocycles. The van der Waals surface area contributed by atoms with E-state index in [1.807, 2.05) is 20.8 Å². The number of rotatable bonds is 5. The number of aliphatic carboxylic acids is 1. The van der Waals surface area contributed by atoms with Crippen molar-refractivity contribution in [3.8, 4) is 0 Å². The Bertz CT molecular complexity index is 301. The van der Waals surface area contributed by atoms with Gasteiger partial charge in [0.15, 0.2) is 0 Å². The van der Waals surface area contributed by atoms with Gasteiger partial charge >= 0.3 is 5.97 Å². The van der Waals surface area contributed by atoms with Crippen molar-refractivity contribution >= 4 is 11.9 Å². The van der Waals surface area contributed by atoms with Gasteiger partial charge in [0.1, 0.15) is 6.04 Å². The SMILES string of the molecule is CC(C)(C)[C@H](NC(=O)CCC1CCCC1)C(=O)O. The van der Waals surface area contributed by atoms with Gasteiger partial charge in [-0.25, -0.2) is 4.79 Å². The maximum atomic E-state index is 11.8. The summed E-state index contributed by atoms with van der Waals surface area (Å²) in [5.41, 5.74) is -0.463. The van der Waals surface area contributed by atoms with E-state index < -0.39 is 17.4 Å². The second-order valence-electron chi connectivity index (χ2n) is 6.39. The molecule has 1 aliphatic rings. The zero-order chi connectivity index (χ0) is 13.8. The van der Waals surface area contributed by atoms with Crippen LogP contribution in [-0.2, 0) is 9.59 Å². The number of nitrogens with one attached hydrogen (secondary N) is 1. The van der Waals surface area contributed by atoms with Crippen LogP contribution in [0.4, 0.5) is 0 Å². The van der Waals surface area contributed by atoms with Crippen molar-refractivity contribution in [1.29, 1.82) is 0 Å². The highest BCUT2D eigenvalue weighted by molar-refractivity contribution is 5.84. The third kappa shape index (κ3) is 4.67. The van der Waals surface area contributed by atoms with Gasteiger partial charge in [-0.1, -0.05) is 46.5 Å². The molecule has 0 radical (unpaired) electrons. The van der Waals surface area contributed by atoms with Gasteiger partial charge in [0.25, 0.3) is 0 Å². The maximum Gasteiger partial charge on any atom is 0.326 e. The van der Waals surface area contributed by atoms with Gasteiger partial charge in [0, 0.05) is 6.42 Å². The molecule has 0 aliphatic heterocycles. The highest BCUT2D eigenvalue weighted by Crippen LogP contribution is 2.28. The van der Waals surface area contributed by atoms with Gasteiger partial charge in [0.2, 0.25) is 5.91 Å². The van der Waals surface area contributed by atoms with Crippen molar-refractivity contribution in [3.05, 3.63) is 0 Å². The van der Waals surface area contributed by atoms with E-state index in [1.54, 1.807) is 0 Å². The summed E-state index contributed by atoms with van der Waals surface area (Å²) in [6.07, 6.45) is 6.31. The first-order chi connectivity index (χ1) is 8.30. The van der Waals surface area contributed by atoms with Crippen LogP contribution in [0.2, 0.25) is 0 Å². The van der Waals surface area contributed by atoms with E-state index in [4.69, 9.17) is 5.11 Å². The normalized spacial score (nSPS) is 18.6. The van der Waals surface area contributed by atoms with Gasteiger partial charge in [-0.15, -0.1) is 0 Å². The number of carboxylic acid groups (broad SMARTS) is 1. The van der Waals surface area contributed by atoms with Crippen LogP contribution >= 0.6 is 0 Å². The van der Waals surface area contributed by atoms with E-state index in [0.29, 0.717) is 12.3 Å². The lowest BCUT2D eigenvalue weighted by Gasteiger charge is -2.27. The van der Waals surface area contributed by atoms with Crippen LogP contribution in [0.25, 0.3) is 0 Å².